The average molecular weight is 397 g/mol. The minimum atomic E-state index is -0.221. The van der Waals surface area contributed by atoms with Gasteiger partial charge in [-0.25, -0.2) is 9.36 Å². The maximum absolute atomic E-state index is 12.4. The monoisotopic (exact) mass is 397 g/mol. The smallest absolute Gasteiger partial charge is 0.248 e. The fourth-order valence-corrected chi connectivity index (χ4v) is 3.19. The Morgan fingerprint density at radius 1 is 1.10 bits per heavy atom. The number of hydrogen-bond acceptors (Lipinski definition) is 5. The maximum Gasteiger partial charge on any atom is 0.248 e. The molecule has 2 aromatic carbocycles. The van der Waals surface area contributed by atoms with E-state index in [1.165, 1.54) is 6.08 Å². The molecule has 1 aliphatic carbocycles. The summed E-state index contributed by atoms with van der Waals surface area (Å²) in [4.78, 5) is 12.4. The standard InChI is InChI=1S/C22H19N7O/c30-21(12-9-16-14-23-28(15-16)19-7-2-1-3-8-19)24-18-6-4-5-17(13-18)22-25-26-27-29(22)20-10-11-20/h1-9,12-15,20H,10-11H2,(H,24,30)/b12-9+. The van der Waals surface area contributed by atoms with E-state index in [0.717, 1.165) is 35.5 Å². The number of amides is 1. The molecule has 0 radical (unpaired) electrons. The topological polar surface area (TPSA) is 90.5 Å². The molecule has 0 aliphatic heterocycles. The highest BCUT2D eigenvalue weighted by molar-refractivity contribution is 6.02. The zero-order chi connectivity index (χ0) is 20.3. The van der Waals surface area contributed by atoms with E-state index in [9.17, 15) is 4.79 Å². The van der Waals surface area contributed by atoms with E-state index in [-0.39, 0.29) is 5.91 Å². The van der Waals surface area contributed by atoms with Gasteiger partial charge in [0.05, 0.1) is 17.9 Å². The quantitative estimate of drug-likeness (QED) is 0.503. The van der Waals surface area contributed by atoms with Crippen molar-refractivity contribution in [3.63, 3.8) is 0 Å². The van der Waals surface area contributed by atoms with Gasteiger partial charge in [-0.05, 0) is 53.6 Å². The molecule has 0 unspecified atom stereocenters. The number of para-hydroxylation sites is 1. The lowest BCUT2D eigenvalue weighted by atomic mass is 10.2. The molecule has 8 nitrogen and oxygen atoms in total. The molecular weight excluding hydrogens is 378 g/mol. The zero-order valence-electron chi connectivity index (χ0n) is 16.1. The first kappa shape index (κ1) is 18.0. The normalized spacial score (nSPS) is 13.6. The molecule has 2 heterocycles. The van der Waals surface area contributed by atoms with Crippen LogP contribution in [0.2, 0.25) is 0 Å². The molecule has 5 rings (SSSR count). The van der Waals surface area contributed by atoms with Crippen LogP contribution in [0.1, 0.15) is 24.4 Å². The molecule has 1 N–H and O–H groups in total. The van der Waals surface area contributed by atoms with E-state index in [1.807, 2.05) is 65.5 Å². The van der Waals surface area contributed by atoms with E-state index in [0.29, 0.717) is 11.7 Å². The molecule has 1 aliphatic rings. The van der Waals surface area contributed by atoms with Crippen molar-refractivity contribution in [2.75, 3.05) is 5.32 Å². The number of nitrogens with one attached hydrogen (secondary N) is 1. The van der Waals surface area contributed by atoms with Crippen molar-refractivity contribution >= 4 is 17.7 Å². The summed E-state index contributed by atoms with van der Waals surface area (Å²) in [6.07, 6.45) is 9.01. The summed E-state index contributed by atoms with van der Waals surface area (Å²) in [6.45, 7) is 0. The second kappa shape index (κ2) is 7.75. The van der Waals surface area contributed by atoms with Gasteiger partial charge in [0.2, 0.25) is 5.91 Å². The van der Waals surface area contributed by atoms with Crippen LogP contribution in [0.25, 0.3) is 23.2 Å². The summed E-state index contributed by atoms with van der Waals surface area (Å²) in [5, 5.41) is 19.2. The Hall–Kier alpha value is -4.07. The van der Waals surface area contributed by atoms with Gasteiger partial charge in [-0.15, -0.1) is 5.10 Å². The minimum Gasteiger partial charge on any atom is -0.322 e. The summed E-state index contributed by atoms with van der Waals surface area (Å²) in [5.74, 6) is 0.499. The Labute approximate surface area is 172 Å². The third-order valence-electron chi connectivity index (χ3n) is 4.82. The van der Waals surface area contributed by atoms with Crippen molar-refractivity contribution in [3.05, 3.63) is 78.6 Å². The maximum atomic E-state index is 12.4. The lowest BCUT2D eigenvalue weighted by Gasteiger charge is -2.06. The lowest BCUT2D eigenvalue weighted by molar-refractivity contribution is -0.111. The van der Waals surface area contributed by atoms with Crippen LogP contribution in [0.4, 0.5) is 5.69 Å². The van der Waals surface area contributed by atoms with Crippen LogP contribution in [-0.4, -0.2) is 35.9 Å². The van der Waals surface area contributed by atoms with Crippen LogP contribution in [-0.2, 0) is 4.79 Å². The van der Waals surface area contributed by atoms with Crippen LogP contribution in [0.3, 0.4) is 0 Å². The van der Waals surface area contributed by atoms with Gasteiger partial charge in [0.1, 0.15) is 0 Å². The fourth-order valence-electron chi connectivity index (χ4n) is 3.19. The molecule has 1 amide bonds. The summed E-state index contributed by atoms with van der Waals surface area (Å²) in [5.41, 5.74) is 3.36. The minimum absolute atomic E-state index is 0.221. The van der Waals surface area contributed by atoms with Gasteiger partial charge in [-0.2, -0.15) is 5.10 Å². The Morgan fingerprint density at radius 3 is 2.80 bits per heavy atom. The molecule has 1 fully saturated rings. The van der Waals surface area contributed by atoms with Crippen LogP contribution in [0, 0.1) is 0 Å². The number of aromatic nitrogens is 6. The van der Waals surface area contributed by atoms with Gasteiger partial charge < -0.3 is 5.32 Å². The second-order valence-corrected chi connectivity index (χ2v) is 7.14. The number of hydrogen-bond donors (Lipinski definition) is 1. The third kappa shape index (κ3) is 3.88. The highest BCUT2D eigenvalue weighted by Crippen LogP contribution is 2.36. The van der Waals surface area contributed by atoms with Crippen LogP contribution in [0.5, 0.6) is 0 Å². The molecule has 8 heteroatoms. The number of carbonyl (C=O) groups excluding carboxylic acids is 1. The van der Waals surface area contributed by atoms with Crippen LogP contribution >= 0.6 is 0 Å². The first-order valence-electron chi connectivity index (χ1n) is 9.74. The van der Waals surface area contributed by atoms with Gasteiger partial charge in [0, 0.05) is 29.1 Å². The third-order valence-corrected chi connectivity index (χ3v) is 4.82. The number of rotatable bonds is 6. The van der Waals surface area contributed by atoms with E-state index >= 15 is 0 Å². The largest absolute Gasteiger partial charge is 0.322 e. The van der Waals surface area contributed by atoms with Crippen LogP contribution in [0.15, 0.2) is 73.1 Å². The second-order valence-electron chi connectivity index (χ2n) is 7.14. The molecule has 30 heavy (non-hydrogen) atoms. The van der Waals surface area contributed by atoms with Gasteiger partial charge >= 0.3 is 0 Å². The SMILES string of the molecule is O=C(/C=C/c1cnn(-c2ccccc2)c1)Nc1cccc(-c2nnnn2C2CC2)c1. The number of carbonyl (C=O) groups is 1. The Morgan fingerprint density at radius 2 is 1.97 bits per heavy atom. The van der Waals surface area contributed by atoms with Crippen molar-refractivity contribution in [1.29, 1.82) is 0 Å². The summed E-state index contributed by atoms with van der Waals surface area (Å²) in [6, 6.07) is 17.7. The lowest BCUT2D eigenvalue weighted by Crippen LogP contribution is -2.08. The summed E-state index contributed by atoms with van der Waals surface area (Å²) >= 11 is 0. The van der Waals surface area contributed by atoms with Gasteiger partial charge in [0.25, 0.3) is 0 Å². The molecule has 2 aromatic heterocycles. The first-order valence-corrected chi connectivity index (χ1v) is 9.74. The van der Waals surface area contributed by atoms with Gasteiger partial charge in [-0.1, -0.05) is 30.3 Å². The molecule has 1 saturated carbocycles. The number of benzene rings is 2. The zero-order valence-corrected chi connectivity index (χ0v) is 16.1. The van der Waals surface area contributed by atoms with Gasteiger partial charge in [-0.3, -0.25) is 4.79 Å². The van der Waals surface area contributed by atoms with Crippen molar-refractivity contribution in [2.24, 2.45) is 0 Å². The Bertz CT molecular complexity index is 1200. The predicted octanol–water partition coefficient (Wildman–Crippen LogP) is 3.51. The molecule has 4 aromatic rings. The molecule has 148 valence electrons. The van der Waals surface area contributed by atoms with E-state index in [1.54, 1.807) is 17.0 Å². The van der Waals surface area contributed by atoms with E-state index in [4.69, 9.17) is 0 Å². The molecule has 0 atom stereocenters. The first-order chi connectivity index (χ1) is 14.8. The molecule has 0 saturated heterocycles. The van der Waals surface area contributed by atoms with Gasteiger partial charge in [0.15, 0.2) is 5.82 Å². The summed E-state index contributed by atoms with van der Waals surface area (Å²) in [7, 11) is 0. The number of anilines is 1. The average Bonchev–Trinajstić information content (AvgIpc) is 3.31. The van der Waals surface area contributed by atoms with Crippen molar-refractivity contribution in [3.8, 4) is 17.1 Å². The highest BCUT2D eigenvalue weighted by atomic mass is 16.1. The Kier molecular flexibility index (Phi) is 4.65. The highest BCUT2D eigenvalue weighted by Gasteiger charge is 2.28. The van der Waals surface area contributed by atoms with E-state index in [2.05, 4.69) is 25.9 Å². The van der Waals surface area contributed by atoms with Crippen molar-refractivity contribution < 1.29 is 4.79 Å². The van der Waals surface area contributed by atoms with Crippen molar-refractivity contribution in [2.45, 2.75) is 18.9 Å². The summed E-state index contributed by atoms with van der Waals surface area (Å²) < 4.78 is 3.62. The fraction of sp³-hybridized carbons (Fsp3) is 0.136. The predicted molar refractivity (Wildman–Crippen MR) is 113 cm³/mol. The molecule has 0 spiro atoms. The van der Waals surface area contributed by atoms with Crippen molar-refractivity contribution in [1.82, 2.24) is 30.0 Å². The molecule has 0 bridgehead atoms. The molecular formula is C22H19N7O. The van der Waals surface area contributed by atoms with E-state index < -0.39 is 0 Å². The van der Waals surface area contributed by atoms with Crippen LogP contribution < -0.4 is 5.32 Å². The number of nitrogens with zero attached hydrogens (tertiary/aromatic N) is 6. The Balaban J connectivity index is 1.27. The number of tetrazole rings is 1.